The van der Waals surface area contributed by atoms with Crippen LogP contribution in [0, 0.1) is 6.92 Å². The fourth-order valence-electron chi connectivity index (χ4n) is 1.01. The Morgan fingerprint density at radius 3 is 2.62 bits per heavy atom. The lowest BCUT2D eigenvalue weighted by Gasteiger charge is -2.20. The van der Waals surface area contributed by atoms with Crippen molar-refractivity contribution in [2.75, 3.05) is 6.67 Å². The van der Waals surface area contributed by atoms with Crippen LogP contribution < -0.4 is 0 Å². The highest BCUT2D eigenvalue weighted by atomic mass is 79.9. The predicted octanol–water partition coefficient (Wildman–Crippen LogP) is 2.93. The minimum Gasteiger partial charge on any atom is -0.383 e. The first-order valence-electron chi connectivity index (χ1n) is 4.02. The molecule has 0 aliphatic carbocycles. The second-order valence-corrected chi connectivity index (χ2v) is 4.23. The van der Waals surface area contributed by atoms with Gasteiger partial charge in [0.2, 0.25) is 0 Å². The highest BCUT2D eigenvalue weighted by Crippen LogP contribution is 2.26. The number of halogens is 2. The molecule has 0 aromatic heterocycles. The largest absolute Gasteiger partial charge is 0.383 e. The van der Waals surface area contributed by atoms with Crippen LogP contribution >= 0.6 is 15.9 Å². The van der Waals surface area contributed by atoms with E-state index in [1.54, 1.807) is 12.1 Å². The third-order valence-electron chi connectivity index (χ3n) is 2.05. The topological polar surface area (TPSA) is 20.2 Å². The third-order valence-corrected chi connectivity index (χ3v) is 2.91. The summed E-state index contributed by atoms with van der Waals surface area (Å²) in [5.41, 5.74) is 0.279. The number of rotatable bonds is 2. The average Bonchev–Trinajstić information content (AvgIpc) is 2.09. The van der Waals surface area contributed by atoms with Crippen molar-refractivity contribution in [1.82, 2.24) is 0 Å². The Hall–Kier alpha value is -0.410. The number of aryl methyl sites for hydroxylation is 1. The van der Waals surface area contributed by atoms with Crippen LogP contribution in [0.15, 0.2) is 22.7 Å². The zero-order chi connectivity index (χ0) is 10.1. The number of alkyl halides is 1. The van der Waals surface area contributed by atoms with Crippen molar-refractivity contribution in [3.8, 4) is 0 Å². The molecule has 1 atom stereocenters. The Bertz CT molecular complexity index is 310. The molecule has 0 saturated carbocycles. The molecule has 1 N–H and O–H groups in total. The van der Waals surface area contributed by atoms with Crippen molar-refractivity contribution in [3.05, 3.63) is 33.8 Å². The van der Waals surface area contributed by atoms with E-state index in [9.17, 15) is 9.50 Å². The van der Waals surface area contributed by atoms with Crippen LogP contribution in [0.2, 0.25) is 0 Å². The van der Waals surface area contributed by atoms with Crippen LogP contribution in [-0.2, 0) is 5.60 Å². The maximum atomic E-state index is 12.4. The number of aliphatic hydroxyl groups is 1. The Kier molecular flexibility index (Phi) is 3.09. The monoisotopic (exact) mass is 246 g/mol. The van der Waals surface area contributed by atoms with Crippen LogP contribution in [-0.4, -0.2) is 11.8 Å². The minimum absolute atomic E-state index is 0.590. The summed E-state index contributed by atoms with van der Waals surface area (Å²) in [5, 5.41) is 9.61. The van der Waals surface area contributed by atoms with Gasteiger partial charge >= 0.3 is 0 Å². The molecule has 0 amide bonds. The zero-order valence-electron chi connectivity index (χ0n) is 7.64. The fraction of sp³-hybridized carbons (Fsp3) is 0.400. The van der Waals surface area contributed by atoms with Gasteiger partial charge < -0.3 is 5.11 Å². The summed E-state index contributed by atoms with van der Waals surface area (Å²) in [6, 6.07) is 5.33. The Morgan fingerprint density at radius 2 is 2.15 bits per heavy atom. The summed E-state index contributed by atoms with van der Waals surface area (Å²) < 4.78 is 13.3. The van der Waals surface area contributed by atoms with Gasteiger partial charge in [0.05, 0.1) is 0 Å². The molecule has 72 valence electrons. The van der Waals surface area contributed by atoms with Crippen molar-refractivity contribution < 1.29 is 9.50 Å². The standard InChI is InChI=1S/C10H12BrFO/c1-7-3-4-8(5-9(7)11)10(2,13)6-12/h3-5,13H,6H2,1-2H3/t10-/m1/s1. The van der Waals surface area contributed by atoms with E-state index in [-0.39, 0.29) is 0 Å². The van der Waals surface area contributed by atoms with Gasteiger partial charge in [0.1, 0.15) is 12.3 Å². The van der Waals surface area contributed by atoms with Crippen LogP contribution in [0.1, 0.15) is 18.1 Å². The van der Waals surface area contributed by atoms with E-state index in [0.717, 1.165) is 10.0 Å². The summed E-state index contributed by atoms with van der Waals surface area (Å²) in [6.07, 6.45) is 0. The molecule has 3 heteroatoms. The molecule has 0 unspecified atom stereocenters. The maximum absolute atomic E-state index is 12.4. The van der Waals surface area contributed by atoms with Crippen LogP contribution in [0.4, 0.5) is 4.39 Å². The van der Waals surface area contributed by atoms with E-state index in [4.69, 9.17) is 0 Å². The lowest BCUT2D eigenvalue weighted by atomic mass is 9.97. The van der Waals surface area contributed by atoms with Gasteiger partial charge in [0.25, 0.3) is 0 Å². The highest BCUT2D eigenvalue weighted by molar-refractivity contribution is 9.10. The maximum Gasteiger partial charge on any atom is 0.122 e. The molecule has 0 spiro atoms. The summed E-state index contributed by atoms with van der Waals surface area (Å²) in [4.78, 5) is 0. The van der Waals surface area contributed by atoms with Gasteiger partial charge in [-0.25, -0.2) is 4.39 Å². The molecule has 0 fully saturated rings. The first-order valence-corrected chi connectivity index (χ1v) is 4.81. The van der Waals surface area contributed by atoms with E-state index in [1.165, 1.54) is 6.92 Å². The van der Waals surface area contributed by atoms with E-state index in [1.807, 2.05) is 13.0 Å². The van der Waals surface area contributed by atoms with Crippen molar-refractivity contribution in [3.63, 3.8) is 0 Å². The van der Waals surface area contributed by atoms with Crippen molar-refractivity contribution >= 4 is 15.9 Å². The van der Waals surface area contributed by atoms with Crippen LogP contribution in [0.3, 0.4) is 0 Å². The summed E-state index contributed by atoms with van der Waals surface area (Å²) in [7, 11) is 0. The molecule has 0 saturated heterocycles. The Labute approximate surface area is 85.7 Å². The van der Waals surface area contributed by atoms with Gasteiger partial charge in [-0.15, -0.1) is 0 Å². The Balaban J connectivity index is 3.10. The molecular formula is C10H12BrFO. The van der Waals surface area contributed by atoms with Crippen molar-refractivity contribution in [1.29, 1.82) is 0 Å². The molecule has 1 aromatic rings. The molecular weight excluding hydrogens is 235 g/mol. The summed E-state index contributed by atoms with van der Waals surface area (Å²) in [5.74, 6) is 0. The van der Waals surface area contributed by atoms with Crippen molar-refractivity contribution in [2.45, 2.75) is 19.4 Å². The molecule has 0 bridgehead atoms. The van der Waals surface area contributed by atoms with E-state index in [0.29, 0.717) is 5.56 Å². The molecule has 0 aliphatic heterocycles. The predicted molar refractivity (Wildman–Crippen MR) is 54.4 cm³/mol. The van der Waals surface area contributed by atoms with Gasteiger partial charge in [-0.05, 0) is 31.0 Å². The summed E-state index contributed by atoms with van der Waals surface area (Å²) >= 11 is 3.33. The summed E-state index contributed by atoms with van der Waals surface area (Å²) in [6.45, 7) is 2.63. The smallest absolute Gasteiger partial charge is 0.122 e. The third kappa shape index (κ3) is 2.29. The lowest BCUT2D eigenvalue weighted by Crippen LogP contribution is -2.23. The average molecular weight is 247 g/mol. The van der Waals surface area contributed by atoms with E-state index in [2.05, 4.69) is 15.9 Å². The molecule has 13 heavy (non-hydrogen) atoms. The zero-order valence-corrected chi connectivity index (χ0v) is 9.23. The van der Waals surface area contributed by atoms with E-state index >= 15 is 0 Å². The molecule has 1 rings (SSSR count). The van der Waals surface area contributed by atoms with Gasteiger partial charge in [0, 0.05) is 4.47 Å². The highest BCUT2D eigenvalue weighted by Gasteiger charge is 2.22. The molecule has 0 radical (unpaired) electrons. The van der Waals surface area contributed by atoms with E-state index < -0.39 is 12.3 Å². The van der Waals surface area contributed by atoms with Crippen molar-refractivity contribution in [2.24, 2.45) is 0 Å². The lowest BCUT2D eigenvalue weighted by molar-refractivity contribution is 0.0299. The normalized spacial score (nSPS) is 15.5. The first-order chi connectivity index (χ1) is 5.97. The van der Waals surface area contributed by atoms with Crippen LogP contribution in [0.5, 0.6) is 0 Å². The second kappa shape index (κ2) is 3.76. The number of hydrogen-bond donors (Lipinski definition) is 1. The SMILES string of the molecule is Cc1ccc([C@](C)(O)CF)cc1Br. The number of hydrogen-bond acceptors (Lipinski definition) is 1. The quantitative estimate of drug-likeness (QED) is 0.851. The molecule has 1 aromatic carbocycles. The first kappa shape index (κ1) is 10.7. The Morgan fingerprint density at radius 1 is 1.54 bits per heavy atom. The van der Waals surface area contributed by atoms with Gasteiger partial charge in [-0.2, -0.15) is 0 Å². The fourth-order valence-corrected chi connectivity index (χ4v) is 1.38. The van der Waals surface area contributed by atoms with Gasteiger partial charge in [-0.1, -0.05) is 28.1 Å². The van der Waals surface area contributed by atoms with Gasteiger partial charge in [0.15, 0.2) is 0 Å². The van der Waals surface area contributed by atoms with Crippen LogP contribution in [0.25, 0.3) is 0 Å². The minimum atomic E-state index is -1.38. The number of benzene rings is 1. The van der Waals surface area contributed by atoms with Gasteiger partial charge in [-0.3, -0.25) is 0 Å². The molecule has 1 nitrogen and oxygen atoms in total. The molecule has 0 heterocycles. The second-order valence-electron chi connectivity index (χ2n) is 3.37. The molecule has 0 aliphatic rings.